The van der Waals surface area contributed by atoms with Crippen LogP contribution in [0.15, 0.2) is 12.3 Å². The van der Waals surface area contributed by atoms with E-state index >= 15 is 0 Å². The van der Waals surface area contributed by atoms with Gasteiger partial charge in [-0.1, -0.05) is 11.6 Å². The first kappa shape index (κ1) is 9.43. The molecule has 0 atom stereocenters. The molecule has 0 aliphatic carbocycles. The number of methoxy groups -OCH3 is 1. The number of aryl methyl sites for hydroxylation is 1. The van der Waals surface area contributed by atoms with Crippen molar-refractivity contribution in [3.63, 3.8) is 0 Å². The lowest BCUT2D eigenvalue weighted by molar-refractivity contribution is 0.182. The Bertz CT molecular complexity index is 466. The molecule has 0 saturated heterocycles. The molecule has 0 aromatic carbocycles. The normalized spacial score (nSPS) is 11.1. The van der Waals surface area contributed by atoms with Crippen molar-refractivity contribution in [2.75, 3.05) is 7.11 Å². The van der Waals surface area contributed by atoms with Gasteiger partial charge in [0.15, 0.2) is 5.15 Å². The monoisotopic (exact) mass is 211 g/mol. The summed E-state index contributed by atoms with van der Waals surface area (Å²) in [4.78, 5) is 4.01. The average Bonchev–Trinajstić information content (AvgIpc) is 2.46. The minimum Gasteiger partial charge on any atom is -0.378 e. The SMILES string of the molecule is COCc1nn(C)c2c(Cl)nccc12. The van der Waals surface area contributed by atoms with E-state index in [2.05, 4.69) is 10.1 Å². The quantitative estimate of drug-likeness (QED) is 0.711. The van der Waals surface area contributed by atoms with Gasteiger partial charge in [0.25, 0.3) is 0 Å². The van der Waals surface area contributed by atoms with Crippen LogP contribution in [0.1, 0.15) is 5.69 Å². The summed E-state index contributed by atoms with van der Waals surface area (Å²) in [5, 5.41) is 5.77. The molecule has 5 heteroatoms. The van der Waals surface area contributed by atoms with Crippen molar-refractivity contribution in [2.45, 2.75) is 6.61 Å². The molecule has 0 fully saturated rings. The van der Waals surface area contributed by atoms with Gasteiger partial charge >= 0.3 is 0 Å². The van der Waals surface area contributed by atoms with Crippen molar-refractivity contribution in [1.82, 2.24) is 14.8 Å². The second-order valence-electron chi connectivity index (χ2n) is 3.00. The third kappa shape index (κ3) is 1.36. The van der Waals surface area contributed by atoms with Crippen LogP contribution >= 0.6 is 11.6 Å². The highest BCUT2D eigenvalue weighted by atomic mass is 35.5. The van der Waals surface area contributed by atoms with Crippen LogP contribution in [-0.2, 0) is 18.4 Å². The molecule has 0 N–H and O–H groups in total. The van der Waals surface area contributed by atoms with Gasteiger partial charge < -0.3 is 4.74 Å². The van der Waals surface area contributed by atoms with Crippen LogP contribution in [-0.4, -0.2) is 21.9 Å². The lowest BCUT2D eigenvalue weighted by Gasteiger charge is -1.95. The van der Waals surface area contributed by atoms with Crippen LogP contribution < -0.4 is 0 Å². The summed E-state index contributed by atoms with van der Waals surface area (Å²) in [6.07, 6.45) is 1.67. The predicted octanol–water partition coefficient (Wildman–Crippen LogP) is 1.77. The van der Waals surface area contributed by atoms with Crippen LogP contribution in [0, 0.1) is 0 Å². The molecule has 0 aliphatic heterocycles. The van der Waals surface area contributed by atoms with Crippen molar-refractivity contribution in [3.8, 4) is 0 Å². The number of hydrogen-bond acceptors (Lipinski definition) is 3. The lowest BCUT2D eigenvalue weighted by atomic mass is 10.2. The van der Waals surface area contributed by atoms with Crippen molar-refractivity contribution < 1.29 is 4.74 Å². The number of nitrogens with zero attached hydrogens (tertiary/aromatic N) is 3. The molecule has 2 rings (SSSR count). The second-order valence-corrected chi connectivity index (χ2v) is 3.36. The first-order valence-corrected chi connectivity index (χ1v) is 4.57. The maximum Gasteiger partial charge on any atom is 0.154 e. The molecule has 0 radical (unpaired) electrons. The average molecular weight is 212 g/mol. The van der Waals surface area contributed by atoms with Crippen LogP contribution in [0.4, 0.5) is 0 Å². The van der Waals surface area contributed by atoms with Gasteiger partial charge in [-0.25, -0.2) is 4.98 Å². The van der Waals surface area contributed by atoms with E-state index in [1.54, 1.807) is 18.0 Å². The van der Waals surface area contributed by atoms with Gasteiger partial charge in [-0.05, 0) is 6.07 Å². The number of aromatic nitrogens is 3. The minimum absolute atomic E-state index is 0.472. The Morgan fingerprint density at radius 3 is 3.07 bits per heavy atom. The third-order valence-electron chi connectivity index (χ3n) is 2.07. The molecule has 0 aliphatic rings. The summed E-state index contributed by atoms with van der Waals surface area (Å²) >= 11 is 5.96. The summed E-state index contributed by atoms with van der Waals surface area (Å²) in [5.41, 5.74) is 1.73. The van der Waals surface area contributed by atoms with E-state index in [4.69, 9.17) is 16.3 Å². The Kier molecular flexibility index (Phi) is 2.39. The zero-order valence-corrected chi connectivity index (χ0v) is 8.75. The highest BCUT2D eigenvalue weighted by molar-refractivity contribution is 6.33. The molecule has 4 nitrogen and oxygen atoms in total. The van der Waals surface area contributed by atoms with Gasteiger partial charge in [0.2, 0.25) is 0 Å². The van der Waals surface area contributed by atoms with Gasteiger partial charge in [-0.2, -0.15) is 5.10 Å². The van der Waals surface area contributed by atoms with Gasteiger partial charge in [0.05, 0.1) is 12.3 Å². The maximum atomic E-state index is 5.96. The molecule has 0 amide bonds. The highest BCUT2D eigenvalue weighted by Gasteiger charge is 2.11. The van der Waals surface area contributed by atoms with E-state index in [1.807, 2.05) is 13.1 Å². The van der Waals surface area contributed by atoms with E-state index in [0.29, 0.717) is 11.8 Å². The highest BCUT2D eigenvalue weighted by Crippen LogP contribution is 2.23. The summed E-state index contributed by atoms with van der Waals surface area (Å²) in [7, 11) is 3.48. The minimum atomic E-state index is 0.472. The fraction of sp³-hybridized carbons (Fsp3) is 0.333. The summed E-state index contributed by atoms with van der Waals surface area (Å²) in [5.74, 6) is 0. The van der Waals surface area contributed by atoms with Crippen LogP contribution in [0.2, 0.25) is 5.15 Å². The first-order chi connectivity index (χ1) is 6.74. The lowest BCUT2D eigenvalue weighted by Crippen LogP contribution is -1.93. The number of halogens is 1. The Balaban J connectivity index is 2.71. The molecule has 0 unspecified atom stereocenters. The van der Waals surface area contributed by atoms with Crippen molar-refractivity contribution in [3.05, 3.63) is 23.1 Å². The van der Waals surface area contributed by atoms with Gasteiger partial charge in [-0.3, -0.25) is 4.68 Å². The summed E-state index contributed by atoms with van der Waals surface area (Å²) < 4.78 is 6.77. The summed E-state index contributed by atoms with van der Waals surface area (Å²) in [6.45, 7) is 0.484. The maximum absolute atomic E-state index is 5.96. The Morgan fingerprint density at radius 2 is 2.36 bits per heavy atom. The number of rotatable bonds is 2. The Morgan fingerprint density at radius 1 is 1.57 bits per heavy atom. The van der Waals surface area contributed by atoms with E-state index < -0.39 is 0 Å². The van der Waals surface area contributed by atoms with Gasteiger partial charge in [0.1, 0.15) is 5.52 Å². The molecule has 0 spiro atoms. The van der Waals surface area contributed by atoms with E-state index in [0.717, 1.165) is 16.6 Å². The molecular formula is C9H10ClN3O. The van der Waals surface area contributed by atoms with Crippen molar-refractivity contribution in [2.24, 2.45) is 7.05 Å². The Labute approximate surface area is 86.5 Å². The largest absolute Gasteiger partial charge is 0.378 e. The second kappa shape index (κ2) is 3.55. The van der Waals surface area contributed by atoms with Gasteiger partial charge in [0, 0.05) is 25.7 Å². The van der Waals surface area contributed by atoms with Gasteiger partial charge in [-0.15, -0.1) is 0 Å². The molecule has 2 aromatic rings. The predicted molar refractivity (Wildman–Crippen MR) is 54.2 cm³/mol. The smallest absolute Gasteiger partial charge is 0.154 e. The van der Waals surface area contributed by atoms with E-state index in [9.17, 15) is 0 Å². The Hall–Kier alpha value is -1.13. The molecule has 2 heterocycles. The molecule has 2 aromatic heterocycles. The first-order valence-electron chi connectivity index (χ1n) is 4.19. The summed E-state index contributed by atoms with van der Waals surface area (Å²) in [6, 6.07) is 1.89. The van der Waals surface area contributed by atoms with E-state index in [-0.39, 0.29) is 0 Å². The molecular weight excluding hydrogens is 202 g/mol. The number of hydrogen-bond donors (Lipinski definition) is 0. The molecule has 0 bridgehead atoms. The zero-order valence-electron chi connectivity index (χ0n) is 7.99. The fourth-order valence-corrected chi connectivity index (χ4v) is 1.78. The third-order valence-corrected chi connectivity index (χ3v) is 2.34. The molecule has 0 saturated carbocycles. The molecule has 14 heavy (non-hydrogen) atoms. The fourth-order valence-electron chi connectivity index (χ4n) is 1.50. The molecule has 74 valence electrons. The van der Waals surface area contributed by atoms with Crippen LogP contribution in [0.25, 0.3) is 10.9 Å². The number of pyridine rings is 1. The van der Waals surface area contributed by atoms with Crippen molar-refractivity contribution in [1.29, 1.82) is 0 Å². The number of ether oxygens (including phenoxy) is 1. The van der Waals surface area contributed by atoms with E-state index in [1.165, 1.54) is 0 Å². The van der Waals surface area contributed by atoms with Crippen LogP contribution in [0.3, 0.4) is 0 Å². The topological polar surface area (TPSA) is 39.9 Å². The number of fused-ring (bicyclic) bond motifs is 1. The van der Waals surface area contributed by atoms with Crippen LogP contribution in [0.5, 0.6) is 0 Å². The van der Waals surface area contributed by atoms with Crippen molar-refractivity contribution >= 4 is 22.5 Å². The zero-order chi connectivity index (χ0) is 10.1. The standard InChI is InChI=1S/C9H10ClN3O/c1-13-8-6(3-4-11-9(8)10)7(12-13)5-14-2/h3-4H,5H2,1-2H3.